The van der Waals surface area contributed by atoms with Crippen molar-refractivity contribution in [3.63, 3.8) is 0 Å². The third kappa shape index (κ3) is 3.51. The summed E-state index contributed by atoms with van der Waals surface area (Å²) in [4.78, 5) is 10.3. The van der Waals surface area contributed by atoms with Gasteiger partial charge in [0, 0.05) is 5.56 Å². The highest BCUT2D eigenvalue weighted by molar-refractivity contribution is 7.80. The second-order valence-corrected chi connectivity index (χ2v) is 3.06. The molecule has 70 valence electrons. The standard InChI is InChI=1S/C10H12O2S/c11-8-9-2-4-10(5-3-9)12-6-1-7-13/h2-5,8,13H,1,6-7H2. The average Bonchev–Trinajstić information content (AvgIpc) is 2.19. The SMILES string of the molecule is O=Cc1ccc(OCCCS)cc1. The molecule has 1 rings (SSSR count). The molecule has 0 amide bonds. The number of hydrogen-bond acceptors (Lipinski definition) is 3. The van der Waals surface area contributed by atoms with Crippen LogP contribution in [0.3, 0.4) is 0 Å². The third-order valence-corrected chi connectivity index (χ3v) is 1.90. The van der Waals surface area contributed by atoms with Gasteiger partial charge in [-0.1, -0.05) is 0 Å². The Kier molecular flexibility index (Phi) is 4.40. The van der Waals surface area contributed by atoms with Crippen LogP contribution < -0.4 is 4.74 Å². The van der Waals surface area contributed by atoms with Gasteiger partial charge in [0.1, 0.15) is 12.0 Å². The van der Waals surface area contributed by atoms with E-state index in [1.54, 1.807) is 24.3 Å². The molecule has 0 N–H and O–H groups in total. The van der Waals surface area contributed by atoms with E-state index in [1.165, 1.54) is 0 Å². The molecule has 0 atom stereocenters. The van der Waals surface area contributed by atoms with E-state index in [4.69, 9.17) is 4.74 Å². The van der Waals surface area contributed by atoms with Crippen LogP contribution in [0.4, 0.5) is 0 Å². The maximum absolute atomic E-state index is 10.3. The summed E-state index contributed by atoms with van der Waals surface area (Å²) in [6.07, 6.45) is 1.75. The van der Waals surface area contributed by atoms with Gasteiger partial charge in [-0.15, -0.1) is 0 Å². The fraction of sp³-hybridized carbons (Fsp3) is 0.300. The fourth-order valence-corrected chi connectivity index (χ4v) is 1.03. The lowest BCUT2D eigenvalue weighted by molar-refractivity contribution is 0.112. The number of rotatable bonds is 5. The molecule has 0 aliphatic rings. The molecule has 3 heteroatoms. The first-order valence-electron chi connectivity index (χ1n) is 4.15. The van der Waals surface area contributed by atoms with E-state index in [9.17, 15) is 4.79 Å². The highest BCUT2D eigenvalue weighted by Gasteiger charge is 1.93. The Morgan fingerprint density at radius 2 is 2.00 bits per heavy atom. The zero-order valence-corrected chi connectivity index (χ0v) is 8.17. The Balaban J connectivity index is 2.44. The Morgan fingerprint density at radius 1 is 1.31 bits per heavy atom. The number of ether oxygens (including phenoxy) is 1. The summed E-state index contributed by atoms with van der Waals surface area (Å²) in [5.74, 6) is 1.62. The van der Waals surface area contributed by atoms with Gasteiger partial charge >= 0.3 is 0 Å². The molecule has 0 unspecified atom stereocenters. The molecule has 0 heterocycles. The molecule has 0 aliphatic heterocycles. The second kappa shape index (κ2) is 5.65. The van der Waals surface area contributed by atoms with Crippen LogP contribution in [0.1, 0.15) is 16.8 Å². The van der Waals surface area contributed by atoms with Gasteiger partial charge in [-0.3, -0.25) is 4.79 Å². The number of hydrogen-bond donors (Lipinski definition) is 1. The molecule has 1 aromatic carbocycles. The zero-order chi connectivity index (χ0) is 9.52. The lowest BCUT2D eigenvalue weighted by Crippen LogP contribution is -1.97. The monoisotopic (exact) mass is 196 g/mol. The summed E-state index contributed by atoms with van der Waals surface area (Å²) in [5, 5.41) is 0. The van der Waals surface area contributed by atoms with Crippen molar-refractivity contribution in [1.82, 2.24) is 0 Å². The lowest BCUT2D eigenvalue weighted by Gasteiger charge is -2.04. The second-order valence-electron chi connectivity index (χ2n) is 2.61. The van der Waals surface area contributed by atoms with Gasteiger partial charge in [-0.2, -0.15) is 12.6 Å². The molecular weight excluding hydrogens is 184 g/mol. The number of aldehydes is 1. The van der Waals surface area contributed by atoms with Gasteiger partial charge in [-0.25, -0.2) is 0 Å². The number of carbonyl (C=O) groups is 1. The van der Waals surface area contributed by atoms with E-state index in [1.807, 2.05) is 0 Å². The Labute approximate surface area is 83.3 Å². The summed E-state index contributed by atoms with van der Waals surface area (Å²) in [6, 6.07) is 7.07. The van der Waals surface area contributed by atoms with Crippen LogP contribution in [-0.2, 0) is 0 Å². The summed E-state index contributed by atoms with van der Waals surface area (Å²) in [5.41, 5.74) is 0.668. The Morgan fingerprint density at radius 3 is 2.54 bits per heavy atom. The van der Waals surface area contributed by atoms with Crippen LogP contribution in [0.2, 0.25) is 0 Å². The molecule has 0 fully saturated rings. The average molecular weight is 196 g/mol. The summed E-state index contributed by atoms with van der Waals surface area (Å²) < 4.78 is 5.38. The first-order chi connectivity index (χ1) is 6.36. The quantitative estimate of drug-likeness (QED) is 0.444. The van der Waals surface area contributed by atoms with E-state index in [2.05, 4.69) is 12.6 Å². The van der Waals surface area contributed by atoms with Crippen LogP contribution in [0, 0.1) is 0 Å². The van der Waals surface area contributed by atoms with E-state index >= 15 is 0 Å². The van der Waals surface area contributed by atoms with Crippen molar-refractivity contribution in [3.8, 4) is 5.75 Å². The van der Waals surface area contributed by atoms with Crippen molar-refractivity contribution >= 4 is 18.9 Å². The Bertz CT molecular complexity index is 256. The van der Waals surface area contributed by atoms with E-state index in [0.29, 0.717) is 12.2 Å². The minimum Gasteiger partial charge on any atom is -0.494 e. The molecule has 1 aromatic rings. The van der Waals surface area contributed by atoms with Gasteiger partial charge in [0.05, 0.1) is 6.61 Å². The number of carbonyl (C=O) groups excluding carboxylic acids is 1. The molecule has 0 aromatic heterocycles. The first kappa shape index (κ1) is 10.1. The van der Waals surface area contributed by atoms with Gasteiger partial charge in [0.15, 0.2) is 0 Å². The van der Waals surface area contributed by atoms with Gasteiger partial charge < -0.3 is 4.74 Å². The van der Waals surface area contributed by atoms with E-state index < -0.39 is 0 Å². The predicted octanol–water partition coefficient (Wildman–Crippen LogP) is 2.20. The van der Waals surface area contributed by atoms with Crippen LogP contribution in [0.15, 0.2) is 24.3 Å². The molecule has 0 aliphatic carbocycles. The molecule has 0 radical (unpaired) electrons. The maximum atomic E-state index is 10.3. The van der Waals surface area contributed by atoms with Crippen molar-refractivity contribution in [2.75, 3.05) is 12.4 Å². The summed E-state index contributed by atoms with van der Waals surface area (Å²) >= 11 is 4.07. The molecule has 13 heavy (non-hydrogen) atoms. The van der Waals surface area contributed by atoms with Crippen LogP contribution >= 0.6 is 12.6 Å². The van der Waals surface area contributed by atoms with Gasteiger partial charge in [0.25, 0.3) is 0 Å². The van der Waals surface area contributed by atoms with E-state index in [-0.39, 0.29) is 0 Å². The zero-order valence-electron chi connectivity index (χ0n) is 7.27. The summed E-state index contributed by atoms with van der Waals surface area (Å²) in [6.45, 7) is 0.671. The third-order valence-electron chi connectivity index (χ3n) is 1.59. The largest absolute Gasteiger partial charge is 0.494 e. The van der Waals surface area contributed by atoms with E-state index in [0.717, 1.165) is 24.2 Å². The normalized spacial score (nSPS) is 9.62. The molecular formula is C10H12O2S. The minimum atomic E-state index is 0.668. The van der Waals surface area contributed by atoms with Crippen LogP contribution in [0.25, 0.3) is 0 Å². The molecule has 0 saturated heterocycles. The van der Waals surface area contributed by atoms with Crippen molar-refractivity contribution in [2.45, 2.75) is 6.42 Å². The molecule has 0 bridgehead atoms. The van der Waals surface area contributed by atoms with Crippen molar-refractivity contribution in [2.24, 2.45) is 0 Å². The molecule has 2 nitrogen and oxygen atoms in total. The number of benzene rings is 1. The smallest absolute Gasteiger partial charge is 0.150 e. The topological polar surface area (TPSA) is 26.3 Å². The van der Waals surface area contributed by atoms with Crippen LogP contribution in [-0.4, -0.2) is 18.6 Å². The predicted molar refractivity (Wildman–Crippen MR) is 55.8 cm³/mol. The highest BCUT2D eigenvalue weighted by atomic mass is 32.1. The minimum absolute atomic E-state index is 0.668. The fourth-order valence-electron chi connectivity index (χ4n) is 0.897. The van der Waals surface area contributed by atoms with Gasteiger partial charge in [-0.05, 0) is 36.4 Å². The van der Waals surface area contributed by atoms with Crippen molar-refractivity contribution in [3.05, 3.63) is 29.8 Å². The lowest BCUT2D eigenvalue weighted by atomic mass is 10.2. The summed E-state index contributed by atoms with van der Waals surface area (Å²) in [7, 11) is 0. The number of thiol groups is 1. The Hall–Kier alpha value is -0.960. The van der Waals surface area contributed by atoms with Gasteiger partial charge in [0.2, 0.25) is 0 Å². The first-order valence-corrected chi connectivity index (χ1v) is 4.79. The highest BCUT2D eigenvalue weighted by Crippen LogP contribution is 2.11. The van der Waals surface area contributed by atoms with Crippen molar-refractivity contribution in [1.29, 1.82) is 0 Å². The van der Waals surface area contributed by atoms with Crippen LogP contribution in [0.5, 0.6) is 5.75 Å². The van der Waals surface area contributed by atoms with Crippen molar-refractivity contribution < 1.29 is 9.53 Å². The maximum Gasteiger partial charge on any atom is 0.150 e. The molecule has 0 spiro atoms. The molecule has 0 saturated carbocycles.